The van der Waals surface area contributed by atoms with Gasteiger partial charge in [0.2, 0.25) is 0 Å². The molecule has 47 heavy (non-hydrogen) atoms. The molecular formula is C43H30N4. The van der Waals surface area contributed by atoms with Crippen LogP contribution in [-0.4, -0.2) is 9.38 Å². The van der Waals surface area contributed by atoms with Gasteiger partial charge in [-0.25, -0.2) is 4.98 Å². The van der Waals surface area contributed by atoms with Gasteiger partial charge >= 0.3 is 0 Å². The molecule has 222 valence electrons. The van der Waals surface area contributed by atoms with Crippen LogP contribution in [0.5, 0.6) is 0 Å². The molecule has 4 nitrogen and oxygen atoms in total. The Labute approximate surface area is 273 Å². The van der Waals surface area contributed by atoms with Gasteiger partial charge in [-0.2, -0.15) is 0 Å². The minimum Gasteiger partial charge on any atom is -0.310 e. The minimum atomic E-state index is 0.944. The van der Waals surface area contributed by atoms with E-state index in [0.717, 1.165) is 72.5 Å². The summed E-state index contributed by atoms with van der Waals surface area (Å²) in [6.07, 6.45) is 0. The van der Waals surface area contributed by atoms with E-state index in [1.807, 2.05) is 0 Å². The highest BCUT2D eigenvalue weighted by Crippen LogP contribution is 2.48. The lowest BCUT2D eigenvalue weighted by molar-refractivity contribution is 1.24. The maximum Gasteiger partial charge on any atom is 0.146 e. The summed E-state index contributed by atoms with van der Waals surface area (Å²) in [6.45, 7) is 0. The summed E-state index contributed by atoms with van der Waals surface area (Å²) in [7, 11) is 0. The van der Waals surface area contributed by atoms with E-state index in [2.05, 4.69) is 196 Å². The molecule has 0 aliphatic rings. The minimum absolute atomic E-state index is 0.944. The SMILES string of the molecule is c1ccc(N(c2ccccc2)c2ccc(N(c3ccccc3)c3ccccc3)c3c2c2ccccc2c2nc4ccccc4n23)cc1. The molecule has 0 spiro atoms. The average molecular weight is 603 g/mol. The molecule has 0 radical (unpaired) electrons. The Hall–Kier alpha value is -6.39. The summed E-state index contributed by atoms with van der Waals surface area (Å²) < 4.78 is 2.37. The van der Waals surface area contributed by atoms with Crippen LogP contribution in [-0.2, 0) is 0 Å². The predicted octanol–water partition coefficient (Wildman–Crippen LogP) is 11.7. The van der Waals surface area contributed by atoms with Crippen LogP contribution < -0.4 is 9.80 Å². The Morgan fingerprint density at radius 3 is 1.36 bits per heavy atom. The van der Waals surface area contributed by atoms with Gasteiger partial charge in [0.1, 0.15) is 5.65 Å². The number of para-hydroxylation sites is 6. The number of anilines is 6. The van der Waals surface area contributed by atoms with Crippen molar-refractivity contribution in [1.82, 2.24) is 9.38 Å². The molecule has 7 aromatic carbocycles. The summed E-state index contributed by atoms with van der Waals surface area (Å²) in [5.74, 6) is 0. The van der Waals surface area contributed by atoms with E-state index >= 15 is 0 Å². The van der Waals surface area contributed by atoms with E-state index in [1.54, 1.807) is 0 Å². The molecule has 0 unspecified atom stereocenters. The Morgan fingerprint density at radius 2 is 0.809 bits per heavy atom. The van der Waals surface area contributed by atoms with Gasteiger partial charge < -0.3 is 9.80 Å². The Morgan fingerprint density at radius 1 is 0.383 bits per heavy atom. The summed E-state index contributed by atoms with van der Waals surface area (Å²) in [5.41, 5.74) is 10.6. The molecule has 0 atom stereocenters. The first-order chi connectivity index (χ1) is 23.4. The zero-order valence-electron chi connectivity index (χ0n) is 25.6. The fourth-order valence-corrected chi connectivity index (χ4v) is 6.92. The highest BCUT2D eigenvalue weighted by Gasteiger charge is 2.25. The fraction of sp³-hybridized carbons (Fsp3) is 0. The van der Waals surface area contributed by atoms with E-state index in [1.165, 1.54) is 0 Å². The quantitative estimate of drug-likeness (QED) is 0.177. The largest absolute Gasteiger partial charge is 0.310 e. The average Bonchev–Trinajstić information content (AvgIpc) is 3.54. The van der Waals surface area contributed by atoms with Gasteiger partial charge in [0, 0.05) is 33.5 Å². The van der Waals surface area contributed by atoms with E-state index in [9.17, 15) is 0 Å². The van der Waals surface area contributed by atoms with Gasteiger partial charge in [0.15, 0.2) is 0 Å². The molecule has 4 heteroatoms. The summed E-state index contributed by atoms with van der Waals surface area (Å²) in [5, 5.41) is 3.42. The number of hydrogen-bond acceptors (Lipinski definition) is 3. The number of benzene rings is 7. The number of imidazole rings is 1. The smallest absolute Gasteiger partial charge is 0.146 e. The van der Waals surface area contributed by atoms with Crippen molar-refractivity contribution in [1.29, 1.82) is 0 Å². The zero-order valence-corrected chi connectivity index (χ0v) is 25.6. The number of aromatic nitrogens is 2. The molecule has 0 amide bonds. The maximum atomic E-state index is 5.26. The first kappa shape index (κ1) is 27.0. The van der Waals surface area contributed by atoms with Crippen molar-refractivity contribution in [2.75, 3.05) is 9.80 Å². The summed E-state index contributed by atoms with van der Waals surface area (Å²) in [6, 6.07) is 64.3. The lowest BCUT2D eigenvalue weighted by Crippen LogP contribution is -2.14. The van der Waals surface area contributed by atoms with Crippen molar-refractivity contribution in [2.24, 2.45) is 0 Å². The molecule has 0 aliphatic carbocycles. The molecule has 0 bridgehead atoms. The Kier molecular flexibility index (Phi) is 6.43. The molecule has 9 aromatic rings. The summed E-state index contributed by atoms with van der Waals surface area (Å²) in [4.78, 5) is 10.0. The molecule has 0 fully saturated rings. The van der Waals surface area contributed by atoms with Gasteiger partial charge in [0.25, 0.3) is 0 Å². The molecular weight excluding hydrogens is 573 g/mol. The molecule has 2 aromatic heterocycles. The highest BCUT2D eigenvalue weighted by atomic mass is 15.2. The van der Waals surface area contributed by atoms with Gasteiger partial charge in [-0.05, 0) is 78.2 Å². The Balaban J connectivity index is 1.51. The van der Waals surface area contributed by atoms with E-state index in [-0.39, 0.29) is 0 Å². The van der Waals surface area contributed by atoms with Crippen LogP contribution in [0, 0.1) is 0 Å². The first-order valence-electron chi connectivity index (χ1n) is 15.9. The number of pyridine rings is 1. The number of rotatable bonds is 6. The third kappa shape index (κ3) is 4.42. The standard InChI is InChI=1S/C43H30N4/c1-5-17-31(18-6-1)45(32-19-7-2-8-20-32)39-29-30-40(46(33-21-9-3-10-22-33)34-23-11-4-12-24-34)42-41(39)35-25-13-14-26-36(35)43-44-37-27-15-16-28-38(37)47(42)43/h1-30H. The fourth-order valence-electron chi connectivity index (χ4n) is 6.92. The van der Waals surface area contributed by atoms with Gasteiger partial charge in [-0.3, -0.25) is 4.40 Å². The lowest BCUT2D eigenvalue weighted by atomic mass is 10.0. The second-order valence-corrected chi connectivity index (χ2v) is 11.6. The Bertz CT molecular complexity index is 2430. The third-order valence-corrected chi connectivity index (χ3v) is 8.90. The van der Waals surface area contributed by atoms with Crippen molar-refractivity contribution in [3.63, 3.8) is 0 Å². The monoisotopic (exact) mass is 602 g/mol. The van der Waals surface area contributed by atoms with Crippen LogP contribution in [0.3, 0.4) is 0 Å². The first-order valence-corrected chi connectivity index (χ1v) is 15.9. The third-order valence-electron chi connectivity index (χ3n) is 8.90. The van der Waals surface area contributed by atoms with E-state index in [0.29, 0.717) is 0 Å². The van der Waals surface area contributed by atoms with Gasteiger partial charge in [-0.1, -0.05) is 109 Å². The van der Waals surface area contributed by atoms with E-state index < -0.39 is 0 Å². The molecule has 9 rings (SSSR count). The second kappa shape index (κ2) is 11.2. The van der Waals surface area contributed by atoms with Crippen molar-refractivity contribution >= 4 is 72.5 Å². The molecule has 0 saturated carbocycles. The number of fused-ring (bicyclic) bond motifs is 8. The van der Waals surface area contributed by atoms with Gasteiger partial charge in [-0.15, -0.1) is 0 Å². The van der Waals surface area contributed by atoms with Crippen molar-refractivity contribution in [3.05, 3.63) is 182 Å². The lowest BCUT2D eigenvalue weighted by Gasteiger charge is -2.31. The van der Waals surface area contributed by atoms with Crippen molar-refractivity contribution in [2.45, 2.75) is 0 Å². The molecule has 0 N–H and O–H groups in total. The van der Waals surface area contributed by atoms with Crippen molar-refractivity contribution < 1.29 is 0 Å². The normalized spacial score (nSPS) is 11.4. The van der Waals surface area contributed by atoms with Crippen LogP contribution >= 0.6 is 0 Å². The second-order valence-electron chi connectivity index (χ2n) is 11.6. The maximum absolute atomic E-state index is 5.26. The van der Waals surface area contributed by atoms with E-state index in [4.69, 9.17) is 4.98 Å². The highest BCUT2D eigenvalue weighted by molar-refractivity contribution is 6.22. The molecule has 2 heterocycles. The van der Waals surface area contributed by atoms with Crippen molar-refractivity contribution in [3.8, 4) is 0 Å². The topological polar surface area (TPSA) is 23.8 Å². The molecule has 0 aliphatic heterocycles. The summed E-state index contributed by atoms with van der Waals surface area (Å²) >= 11 is 0. The zero-order chi connectivity index (χ0) is 31.2. The van der Waals surface area contributed by atoms with Gasteiger partial charge in [0.05, 0.1) is 27.9 Å². The number of nitrogens with zero attached hydrogens (tertiary/aromatic N) is 4. The van der Waals surface area contributed by atoms with Crippen LogP contribution in [0.4, 0.5) is 34.1 Å². The number of hydrogen-bond donors (Lipinski definition) is 0. The molecule has 0 saturated heterocycles. The van der Waals surface area contributed by atoms with Crippen LogP contribution in [0.25, 0.3) is 38.4 Å². The van der Waals surface area contributed by atoms with Crippen LogP contribution in [0.15, 0.2) is 182 Å². The van der Waals surface area contributed by atoms with Crippen LogP contribution in [0.1, 0.15) is 0 Å². The van der Waals surface area contributed by atoms with Crippen LogP contribution in [0.2, 0.25) is 0 Å². The predicted molar refractivity (Wildman–Crippen MR) is 197 cm³/mol.